The van der Waals surface area contributed by atoms with Crippen molar-refractivity contribution in [3.8, 4) is 11.5 Å². The molecule has 1 atom stereocenters. The van der Waals surface area contributed by atoms with Crippen LogP contribution >= 0.6 is 28.3 Å². The molecule has 0 radical (unpaired) electrons. The van der Waals surface area contributed by atoms with Crippen LogP contribution < -0.4 is 14.8 Å². The molecule has 9 heteroatoms. The van der Waals surface area contributed by atoms with Crippen LogP contribution in [0.4, 0.5) is 0 Å². The molecule has 23 heavy (non-hydrogen) atoms. The highest BCUT2D eigenvalue weighted by molar-refractivity contribution is 9.10. The highest BCUT2D eigenvalue weighted by Gasteiger charge is 2.34. The van der Waals surface area contributed by atoms with Gasteiger partial charge in [0.15, 0.2) is 11.5 Å². The highest BCUT2D eigenvalue weighted by atomic mass is 79.9. The van der Waals surface area contributed by atoms with Gasteiger partial charge in [0.05, 0.1) is 14.2 Å². The molecule has 0 bridgehead atoms. The van der Waals surface area contributed by atoms with E-state index in [2.05, 4.69) is 21.2 Å². The molecule has 0 aromatic heterocycles. The van der Waals surface area contributed by atoms with Crippen LogP contribution in [0, 0.1) is 5.92 Å². The van der Waals surface area contributed by atoms with Crippen molar-refractivity contribution in [1.82, 2.24) is 9.62 Å². The van der Waals surface area contributed by atoms with E-state index in [1.165, 1.54) is 24.6 Å². The van der Waals surface area contributed by atoms with E-state index >= 15 is 0 Å². The van der Waals surface area contributed by atoms with Crippen LogP contribution in [0.25, 0.3) is 0 Å². The third-order valence-corrected chi connectivity index (χ3v) is 6.62. The Morgan fingerprint density at radius 1 is 1.30 bits per heavy atom. The lowest BCUT2D eigenvalue weighted by molar-refractivity contribution is 0.353. The molecule has 1 unspecified atom stereocenters. The van der Waals surface area contributed by atoms with Gasteiger partial charge in [-0.05, 0) is 47.9 Å². The summed E-state index contributed by atoms with van der Waals surface area (Å²) in [6, 6.07) is 3.12. The molecule has 1 heterocycles. The standard InChI is InChI=1S/C14H21BrN2O4S.ClH/c1-16-8-10-4-5-17(9-10)22(18,19)14-7-13(21-3)12(20-2)6-11(14)15;/h6-7,10,16H,4-5,8-9H2,1-3H3;1H. The second kappa shape index (κ2) is 8.53. The summed E-state index contributed by atoms with van der Waals surface area (Å²) < 4.78 is 38.1. The maximum absolute atomic E-state index is 12.9. The molecule has 1 saturated heterocycles. The van der Waals surface area contributed by atoms with Crippen LogP contribution in [-0.2, 0) is 10.0 Å². The van der Waals surface area contributed by atoms with Gasteiger partial charge in [0.1, 0.15) is 4.90 Å². The van der Waals surface area contributed by atoms with E-state index in [4.69, 9.17) is 9.47 Å². The Morgan fingerprint density at radius 3 is 2.48 bits per heavy atom. The average Bonchev–Trinajstić information content (AvgIpc) is 2.96. The number of benzene rings is 1. The van der Waals surface area contributed by atoms with Gasteiger partial charge in [0, 0.05) is 23.6 Å². The van der Waals surface area contributed by atoms with Crippen molar-refractivity contribution in [1.29, 1.82) is 0 Å². The summed E-state index contributed by atoms with van der Waals surface area (Å²) in [6.07, 6.45) is 0.866. The molecule has 0 saturated carbocycles. The summed E-state index contributed by atoms with van der Waals surface area (Å²) >= 11 is 3.33. The van der Waals surface area contributed by atoms with Crippen LogP contribution in [0.3, 0.4) is 0 Å². The second-order valence-corrected chi connectivity index (χ2v) is 7.97. The fraction of sp³-hybridized carbons (Fsp3) is 0.571. The van der Waals surface area contributed by atoms with Crippen LogP contribution in [0.15, 0.2) is 21.5 Å². The molecule has 1 aromatic rings. The summed E-state index contributed by atoms with van der Waals surface area (Å²) in [4.78, 5) is 0.204. The van der Waals surface area contributed by atoms with Gasteiger partial charge in [-0.1, -0.05) is 0 Å². The maximum atomic E-state index is 12.9. The van der Waals surface area contributed by atoms with Crippen LogP contribution in [0.5, 0.6) is 11.5 Å². The first-order valence-electron chi connectivity index (χ1n) is 7.00. The van der Waals surface area contributed by atoms with E-state index in [9.17, 15) is 8.42 Å². The number of methoxy groups -OCH3 is 2. The van der Waals surface area contributed by atoms with E-state index in [0.717, 1.165) is 13.0 Å². The number of ether oxygens (including phenoxy) is 2. The summed E-state index contributed by atoms with van der Waals surface area (Å²) in [5.74, 6) is 1.23. The van der Waals surface area contributed by atoms with Gasteiger partial charge in [-0.3, -0.25) is 0 Å². The number of rotatable bonds is 6. The molecule has 1 aliphatic heterocycles. The second-order valence-electron chi connectivity index (χ2n) is 5.21. The van der Waals surface area contributed by atoms with Gasteiger partial charge in [-0.15, -0.1) is 12.4 Å². The maximum Gasteiger partial charge on any atom is 0.244 e. The van der Waals surface area contributed by atoms with Crippen molar-refractivity contribution in [2.24, 2.45) is 5.92 Å². The molecule has 6 nitrogen and oxygen atoms in total. The van der Waals surface area contributed by atoms with Crippen molar-refractivity contribution in [2.45, 2.75) is 11.3 Å². The normalized spacial score (nSPS) is 18.5. The number of nitrogens with one attached hydrogen (secondary N) is 1. The monoisotopic (exact) mass is 428 g/mol. The van der Waals surface area contributed by atoms with E-state index < -0.39 is 10.0 Å². The molecule has 132 valence electrons. The fourth-order valence-electron chi connectivity index (χ4n) is 2.64. The van der Waals surface area contributed by atoms with Crippen LogP contribution in [0.1, 0.15) is 6.42 Å². The average molecular weight is 430 g/mol. The third kappa shape index (κ3) is 4.30. The highest BCUT2D eigenvalue weighted by Crippen LogP contribution is 2.37. The van der Waals surface area contributed by atoms with Crippen molar-refractivity contribution < 1.29 is 17.9 Å². The Morgan fingerprint density at radius 2 is 1.91 bits per heavy atom. The lowest BCUT2D eigenvalue weighted by atomic mass is 10.1. The first-order valence-corrected chi connectivity index (χ1v) is 9.23. The Hall–Kier alpha value is -0.540. The lowest BCUT2D eigenvalue weighted by Crippen LogP contribution is -2.30. The molecule has 2 rings (SSSR count). The van der Waals surface area contributed by atoms with Crippen molar-refractivity contribution in [2.75, 3.05) is 40.9 Å². The zero-order valence-corrected chi connectivity index (χ0v) is 16.6. The predicted molar refractivity (Wildman–Crippen MR) is 95.3 cm³/mol. The molecule has 1 aromatic carbocycles. The smallest absolute Gasteiger partial charge is 0.244 e. The molecule has 0 spiro atoms. The number of hydrogen-bond acceptors (Lipinski definition) is 5. The van der Waals surface area contributed by atoms with Gasteiger partial charge >= 0.3 is 0 Å². The van der Waals surface area contributed by atoms with E-state index in [-0.39, 0.29) is 17.3 Å². The third-order valence-electron chi connectivity index (χ3n) is 3.80. The van der Waals surface area contributed by atoms with Gasteiger partial charge in [-0.2, -0.15) is 4.31 Å². The summed E-state index contributed by atoms with van der Waals surface area (Å²) in [6.45, 7) is 1.89. The first kappa shape index (κ1) is 20.5. The van der Waals surface area contributed by atoms with Gasteiger partial charge in [-0.25, -0.2) is 8.42 Å². The Labute approximate surface area is 152 Å². The lowest BCUT2D eigenvalue weighted by Gasteiger charge is -2.19. The first-order chi connectivity index (χ1) is 10.4. The minimum Gasteiger partial charge on any atom is -0.493 e. The zero-order valence-electron chi connectivity index (χ0n) is 13.3. The minimum atomic E-state index is -3.56. The quantitative estimate of drug-likeness (QED) is 0.750. The summed E-state index contributed by atoms with van der Waals surface area (Å²) in [5, 5.41) is 3.10. The number of nitrogens with zero attached hydrogens (tertiary/aromatic N) is 1. The number of hydrogen-bond donors (Lipinski definition) is 1. The summed E-state index contributed by atoms with van der Waals surface area (Å²) in [7, 11) is 1.32. The van der Waals surface area contributed by atoms with Crippen molar-refractivity contribution in [3.05, 3.63) is 16.6 Å². The molecule has 0 amide bonds. The Kier molecular flexibility index (Phi) is 7.60. The number of sulfonamides is 1. The number of halogens is 2. The van der Waals surface area contributed by atoms with Gasteiger partial charge < -0.3 is 14.8 Å². The molecule has 1 aliphatic rings. The predicted octanol–water partition coefficient (Wildman–Crippen LogP) is 2.12. The van der Waals surface area contributed by atoms with Crippen LogP contribution in [0.2, 0.25) is 0 Å². The molecule has 0 aliphatic carbocycles. The fourth-order valence-corrected chi connectivity index (χ4v) is 5.17. The largest absolute Gasteiger partial charge is 0.493 e. The van der Waals surface area contributed by atoms with E-state index in [1.54, 1.807) is 6.07 Å². The van der Waals surface area contributed by atoms with Crippen LogP contribution in [-0.4, -0.2) is 53.6 Å². The molecular weight excluding hydrogens is 408 g/mol. The topological polar surface area (TPSA) is 67.9 Å². The van der Waals surface area contributed by atoms with Crippen molar-refractivity contribution in [3.63, 3.8) is 0 Å². The van der Waals surface area contributed by atoms with E-state index in [0.29, 0.717) is 35.0 Å². The Balaban J connectivity index is 0.00000264. The zero-order chi connectivity index (χ0) is 16.3. The molecular formula is C14H22BrClN2O4S. The van der Waals surface area contributed by atoms with Crippen molar-refractivity contribution >= 4 is 38.4 Å². The minimum absolute atomic E-state index is 0. The summed E-state index contributed by atoms with van der Waals surface area (Å²) in [5.41, 5.74) is 0. The SMILES string of the molecule is CNCC1CCN(S(=O)(=O)c2cc(OC)c(OC)cc2Br)C1.Cl. The van der Waals surface area contributed by atoms with Gasteiger partial charge in [0.2, 0.25) is 10.0 Å². The van der Waals surface area contributed by atoms with E-state index in [1.807, 2.05) is 7.05 Å². The molecule has 1 N–H and O–H groups in total. The Bertz CT molecular complexity index is 642. The molecule has 1 fully saturated rings. The van der Waals surface area contributed by atoms with Gasteiger partial charge in [0.25, 0.3) is 0 Å².